The molecule has 0 aliphatic carbocycles. The summed E-state index contributed by atoms with van der Waals surface area (Å²) in [4.78, 5) is 23.1. The first kappa shape index (κ1) is 17.2. The highest BCUT2D eigenvalue weighted by Crippen LogP contribution is 2.13. The first-order valence-corrected chi connectivity index (χ1v) is 6.44. The standard InChI is InChI=1S/C12H23N3O2.ClH/c1-2-3-4-10(8-13)15-12(17)9-5-6-14-11(16)7-9;/h9-10H,2-8,13H2,1H3,(H,14,16)(H,15,17);1H. The van der Waals surface area contributed by atoms with E-state index in [0.717, 1.165) is 25.7 Å². The summed E-state index contributed by atoms with van der Waals surface area (Å²) in [7, 11) is 0. The molecule has 6 heteroatoms. The van der Waals surface area contributed by atoms with Crippen LogP contribution in [0.4, 0.5) is 0 Å². The van der Waals surface area contributed by atoms with E-state index < -0.39 is 0 Å². The first-order chi connectivity index (χ1) is 8.17. The molecule has 2 amide bonds. The molecular weight excluding hydrogens is 254 g/mol. The number of hydrogen-bond acceptors (Lipinski definition) is 3. The SMILES string of the molecule is CCCCC(CN)NC(=O)C1CCNC(=O)C1.Cl. The average molecular weight is 278 g/mol. The fourth-order valence-electron chi connectivity index (χ4n) is 2.03. The molecule has 1 saturated heterocycles. The van der Waals surface area contributed by atoms with Crippen molar-refractivity contribution in [3.05, 3.63) is 0 Å². The minimum absolute atomic E-state index is 0. The predicted molar refractivity (Wildman–Crippen MR) is 73.5 cm³/mol. The molecule has 1 aliphatic rings. The molecule has 0 saturated carbocycles. The van der Waals surface area contributed by atoms with Crippen LogP contribution in [0.5, 0.6) is 0 Å². The Balaban J connectivity index is 0.00000289. The molecule has 5 nitrogen and oxygen atoms in total. The van der Waals surface area contributed by atoms with E-state index in [1.54, 1.807) is 0 Å². The molecule has 1 fully saturated rings. The molecule has 106 valence electrons. The highest BCUT2D eigenvalue weighted by atomic mass is 35.5. The topological polar surface area (TPSA) is 84.2 Å². The second-order valence-corrected chi connectivity index (χ2v) is 4.62. The Bertz CT molecular complexity index is 274. The van der Waals surface area contributed by atoms with E-state index in [-0.39, 0.29) is 36.2 Å². The van der Waals surface area contributed by atoms with Gasteiger partial charge in [-0.3, -0.25) is 9.59 Å². The number of carbonyl (C=O) groups excluding carboxylic acids is 2. The Kier molecular flexibility index (Phi) is 8.75. The molecule has 0 aromatic carbocycles. The van der Waals surface area contributed by atoms with Gasteiger partial charge in [-0.15, -0.1) is 12.4 Å². The highest BCUT2D eigenvalue weighted by Gasteiger charge is 2.26. The Hall–Kier alpha value is -0.810. The first-order valence-electron chi connectivity index (χ1n) is 6.44. The molecule has 2 atom stereocenters. The Morgan fingerprint density at radius 1 is 1.61 bits per heavy atom. The fourth-order valence-corrected chi connectivity index (χ4v) is 2.03. The summed E-state index contributed by atoms with van der Waals surface area (Å²) in [6, 6.07) is 0.0486. The number of nitrogens with one attached hydrogen (secondary N) is 2. The summed E-state index contributed by atoms with van der Waals surface area (Å²) in [5.41, 5.74) is 5.62. The van der Waals surface area contributed by atoms with Crippen LogP contribution in [0.15, 0.2) is 0 Å². The molecule has 0 aromatic rings. The van der Waals surface area contributed by atoms with E-state index in [4.69, 9.17) is 5.73 Å². The maximum absolute atomic E-state index is 11.9. The van der Waals surface area contributed by atoms with Crippen molar-refractivity contribution < 1.29 is 9.59 Å². The van der Waals surface area contributed by atoms with Gasteiger partial charge in [0.15, 0.2) is 0 Å². The van der Waals surface area contributed by atoms with Crippen molar-refractivity contribution >= 4 is 24.2 Å². The largest absolute Gasteiger partial charge is 0.356 e. The molecule has 0 radical (unpaired) electrons. The van der Waals surface area contributed by atoms with Crippen molar-refractivity contribution in [1.82, 2.24) is 10.6 Å². The summed E-state index contributed by atoms with van der Waals surface area (Å²) >= 11 is 0. The van der Waals surface area contributed by atoms with Crippen molar-refractivity contribution in [2.45, 2.75) is 45.1 Å². The summed E-state index contributed by atoms with van der Waals surface area (Å²) in [6.45, 7) is 3.17. The Morgan fingerprint density at radius 3 is 2.89 bits per heavy atom. The molecule has 1 aliphatic heterocycles. The number of piperidine rings is 1. The summed E-state index contributed by atoms with van der Waals surface area (Å²) in [6.07, 6.45) is 4.10. The quantitative estimate of drug-likeness (QED) is 0.664. The number of nitrogens with two attached hydrogens (primary N) is 1. The van der Waals surface area contributed by atoms with E-state index in [9.17, 15) is 9.59 Å². The van der Waals surface area contributed by atoms with Crippen LogP contribution in [0.3, 0.4) is 0 Å². The van der Waals surface area contributed by atoms with Crippen molar-refractivity contribution in [1.29, 1.82) is 0 Å². The number of rotatable bonds is 6. The van der Waals surface area contributed by atoms with Crippen molar-refractivity contribution in [3.8, 4) is 0 Å². The van der Waals surface area contributed by atoms with Gasteiger partial charge in [0, 0.05) is 31.5 Å². The fraction of sp³-hybridized carbons (Fsp3) is 0.833. The molecule has 0 bridgehead atoms. The minimum Gasteiger partial charge on any atom is -0.356 e. The van der Waals surface area contributed by atoms with E-state index in [2.05, 4.69) is 17.6 Å². The van der Waals surface area contributed by atoms with Crippen molar-refractivity contribution in [2.75, 3.05) is 13.1 Å². The zero-order valence-electron chi connectivity index (χ0n) is 10.9. The van der Waals surface area contributed by atoms with Crippen LogP contribution >= 0.6 is 12.4 Å². The number of unbranched alkanes of at least 4 members (excludes halogenated alkanes) is 1. The Morgan fingerprint density at radius 2 is 2.33 bits per heavy atom. The van der Waals surface area contributed by atoms with Gasteiger partial charge in [0.2, 0.25) is 11.8 Å². The molecule has 1 rings (SSSR count). The van der Waals surface area contributed by atoms with Gasteiger partial charge in [0.25, 0.3) is 0 Å². The van der Waals surface area contributed by atoms with E-state index in [0.29, 0.717) is 19.5 Å². The number of carbonyl (C=O) groups is 2. The van der Waals surface area contributed by atoms with Crippen LogP contribution in [0.1, 0.15) is 39.0 Å². The second-order valence-electron chi connectivity index (χ2n) is 4.62. The molecule has 1 heterocycles. The molecule has 0 spiro atoms. The lowest BCUT2D eigenvalue weighted by atomic mass is 9.96. The number of amides is 2. The lowest BCUT2D eigenvalue weighted by Crippen LogP contribution is -2.46. The summed E-state index contributed by atoms with van der Waals surface area (Å²) < 4.78 is 0. The highest BCUT2D eigenvalue weighted by molar-refractivity contribution is 5.87. The molecule has 2 unspecified atom stereocenters. The van der Waals surface area contributed by atoms with Crippen molar-refractivity contribution in [2.24, 2.45) is 11.7 Å². The Labute approximate surface area is 115 Å². The van der Waals surface area contributed by atoms with Crippen LogP contribution < -0.4 is 16.4 Å². The molecule has 4 N–H and O–H groups in total. The normalized spacial score (nSPS) is 20.6. The monoisotopic (exact) mass is 277 g/mol. The minimum atomic E-state index is -0.181. The van der Waals surface area contributed by atoms with Crippen LogP contribution in [0.25, 0.3) is 0 Å². The summed E-state index contributed by atoms with van der Waals surface area (Å²) in [5, 5.41) is 5.67. The van der Waals surface area contributed by atoms with Gasteiger partial charge in [-0.05, 0) is 12.8 Å². The van der Waals surface area contributed by atoms with Crippen LogP contribution in [-0.2, 0) is 9.59 Å². The van der Waals surface area contributed by atoms with Gasteiger partial charge in [-0.25, -0.2) is 0 Å². The molecular formula is C12H24ClN3O2. The molecule has 0 aromatic heterocycles. The van der Waals surface area contributed by atoms with Gasteiger partial charge in [-0.1, -0.05) is 19.8 Å². The zero-order valence-corrected chi connectivity index (χ0v) is 11.7. The lowest BCUT2D eigenvalue weighted by Gasteiger charge is -2.24. The van der Waals surface area contributed by atoms with Crippen LogP contribution in [-0.4, -0.2) is 30.9 Å². The van der Waals surface area contributed by atoms with E-state index in [1.807, 2.05) is 0 Å². The third kappa shape index (κ3) is 5.69. The third-order valence-corrected chi connectivity index (χ3v) is 3.15. The predicted octanol–water partition coefficient (Wildman–Crippen LogP) is 0.568. The molecule has 18 heavy (non-hydrogen) atoms. The smallest absolute Gasteiger partial charge is 0.223 e. The lowest BCUT2D eigenvalue weighted by molar-refractivity contribution is -0.132. The van der Waals surface area contributed by atoms with Gasteiger partial charge in [-0.2, -0.15) is 0 Å². The zero-order chi connectivity index (χ0) is 12.7. The average Bonchev–Trinajstić information content (AvgIpc) is 2.34. The number of halogens is 1. The maximum Gasteiger partial charge on any atom is 0.223 e. The maximum atomic E-state index is 11.9. The van der Waals surface area contributed by atoms with Gasteiger partial charge in [0.05, 0.1) is 0 Å². The van der Waals surface area contributed by atoms with Gasteiger partial charge < -0.3 is 16.4 Å². The van der Waals surface area contributed by atoms with Crippen molar-refractivity contribution in [3.63, 3.8) is 0 Å². The van der Waals surface area contributed by atoms with Crippen LogP contribution in [0.2, 0.25) is 0 Å². The summed E-state index contributed by atoms with van der Waals surface area (Å²) in [5.74, 6) is -0.236. The number of hydrogen-bond donors (Lipinski definition) is 3. The van der Waals surface area contributed by atoms with Gasteiger partial charge in [0.1, 0.15) is 0 Å². The van der Waals surface area contributed by atoms with Crippen LogP contribution in [0, 0.1) is 5.92 Å². The van der Waals surface area contributed by atoms with E-state index in [1.165, 1.54) is 0 Å². The third-order valence-electron chi connectivity index (χ3n) is 3.15. The second kappa shape index (κ2) is 9.16. The van der Waals surface area contributed by atoms with Gasteiger partial charge >= 0.3 is 0 Å². The van der Waals surface area contributed by atoms with E-state index >= 15 is 0 Å².